The zero-order valence-corrected chi connectivity index (χ0v) is 14.0. The number of fused-ring (bicyclic) bond motifs is 1. The minimum absolute atomic E-state index is 0.0960. The molecule has 3 nitrogen and oxygen atoms in total. The van der Waals surface area contributed by atoms with Gasteiger partial charge in [0.15, 0.2) is 0 Å². The van der Waals surface area contributed by atoms with Gasteiger partial charge < -0.3 is 0 Å². The Morgan fingerprint density at radius 3 is 2.81 bits per heavy atom. The molecule has 0 fully saturated rings. The summed E-state index contributed by atoms with van der Waals surface area (Å²) in [4.78, 5) is 1.50. The number of hydrogen-bond donors (Lipinski definition) is 0. The molecule has 0 radical (unpaired) electrons. The summed E-state index contributed by atoms with van der Waals surface area (Å²) in [5, 5.41) is 2.32. The second-order valence-electron chi connectivity index (χ2n) is 5.02. The third-order valence-corrected chi connectivity index (χ3v) is 7.26. The number of benzene rings is 1. The largest absolute Gasteiger partial charge is 0.245 e. The van der Waals surface area contributed by atoms with Crippen LogP contribution in [0.25, 0.3) is 0 Å². The van der Waals surface area contributed by atoms with E-state index in [1.165, 1.54) is 4.88 Å². The zero-order valence-electron chi connectivity index (χ0n) is 11.6. The summed E-state index contributed by atoms with van der Waals surface area (Å²) in [6.45, 7) is 2.53. The van der Waals surface area contributed by atoms with Gasteiger partial charge in [0.1, 0.15) is 4.90 Å². The molecule has 0 aliphatic carbocycles. The lowest BCUT2D eigenvalue weighted by Gasteiger charge is -2.34. The van der Waals surface area contributed by atoms with Crippen LogP contribution in [-0.2, 0) is 16.4 Å². The first-order chi connectivity index (χ1) is 10.1. The highest BCUT2D eigenvalue weighted by Crippen LogP contribution is 2.39. The molecule has 112 valence electrons. The lowest BCUT2D eigenvalue weighted by molar-refractivity contribution is 0.303. The lowest BCUT2D eigenvalue weighted by Crippen LogP contribution is -2.39. The third kappa shape index (κ3) is 2.52. The maximum atomic E-state index is 13.0. The van der Waals surface area contributed by atoms with Crippen LogP contribution in [0.4, 0.5) is 0 Å². The lowest BCUT2D eigenvalue weighted by atomic mass is 10.0. The van der Waals surface area contributed by atoms with Crippen molar-refractivity contribution >= 4 is 33.0 Å². The topological polar surface area (TPSA) is 37.4 Å². The molecule has 1 aromatic heterocycles. The molecule has 0 amide bonds. The highest BCUT2D eigenvalue weighted by Gasteiger charge is 2.36. The Hall–Kier alpha value is -0.880. The van der Waals surface area contributed by atoms with Crippen molar-refractivity contribution in [3.63, 3.8) is 0 Å². The van der Waals surface area contributed by atoms with Crippen LogP contribution < -0.4 is 0 Å². The Bertz CT molecular complexity index is 755. The van der Waals surface area contributed by atoms with Gasteiger partial charge in [0.2, 0.25) is 10.0 Å². The number of hydrogen-bond acceptors (Lipinski definition) is 3. The molecule has 6 heteroatoms. The predicted molar refractivity (Wildman–Crippen MR) is 86.4 cm³/mol. The summed E-state index contributed by atoms with van der Waals surface area (Å²) in [6.07, 6.45) is 1.53. The van der Waals surface area contributed by atoms with Crippen molar-refractivity contribution in [1.29, 1.82) is 0 Å². The minimum Gasteiger partial charge on any atom is -0.207 e. The van der Waals surface area contributed by atoms with Crippen LogP contribution >= 0.6 is 22.9 Å². The summed E-state index contributed by atoms with van der Waals surface area (Å²) in [7, 11) is -3.57. The van der Waals surface area contributed by atoms with Crippen LogP contribution in [0.5, 0.6) is 0 Å². The summed E-state index contributed by atoms with van der Waals surface area (Å²) in [5.74, 6) is 0. The molecule has 0 spiro atoms. The van der Waals surface area contributed by atoms with Crippen LogP contribution in [0.2, 0.25) is 5.02 Å². The molecule has 0 unspecified atom stereocenters. The Kier molecular flexibility index (Phi) is 4.10. The first-order valence-electron chi connectivity index (χ1n) is 6.88. The molecular formula is C15H16ClNO2S2. The van der Waals surface area contributed by atoms with E-state index in [0.29, 0.717) is 6.54 Å². The van der Waals surface area contributed by atoms with Crippen molar-refractivity contribution in [2.75, 3.05) is 6.54 Å². The number of halogens is 1. The van der Waals surface area contributed by atoms with Gasteiger partial charge in [-0.05, 0) is 42.0 Å². The molecule has 0 N–H and O–H groups in total. The maximum absolute atomic E-state index is 13.0. The van der Waals surface area contributed by atoms with Gasteiger partial charge in [-0.15, -0.1) is 11.3 Å². The van der Waals surface area contributed by atoms with E-state index in [0.717, 1.165) is 18.4 Å². The van der Waals surface area contributed by atoms with Crippen molar-refractivity contribution < 1.29 is 8.42 Å². The van der Waals surface area contributed by atoms with Gasteiger partial charge in [0.05, 0.1) is 11.1 Å². The molecule has 2 aromatic rings. The fourth-order valence-corrected chi connectivity index (χ4v) is 5.97. The van der Waals surface area contributed by atoms with E-state index in [1.54, 1.807) is 39.9 Å². The number of rotatable bonds is 3. The van der Waals surface area contributed by atoms with Gasteiger partial charge in [0, 0.05) is 11.4 Å². The second-order valence-corrected chi connectivity index (χ2v) is 8.29. The third-order valence-electron chi connectivity index (χ3n) is 3.86. The molecule has 1 aliphatic heterocycles. The monoisotopic (exact) mass is 341 g/mol. The van der Waals surface area contributed by atoms with Crippen molar-refractivity contribution in [1.82, 2.24) is 4.31 Å². The van der Waals surface area contributed by atoms with Gasteiger partial charge in [-0.25, -0.2) is 8.42 Å². The molecule has 1 aliphatic rings. The predicted octanol–water partition coefficient (Wildman–Crippen LogP) is 4.10. The van der Waals surface area contributed by atoms with E-state index in [1.807, 2.05) is 18.4 Å². The average Bonchev–Trinajstić information content (AvgIpc) is 2.94. The second kappa shape index (κ2) is 5.72. The molecule has 3 rings (SSSR count). The Morgan fingerprint density at radius 2 is 2.10 bits per heavy atom. The smallest absolute Gasteiger partial charge is 0.207 e. The normalized spacial score (nSPS) is 19.4. The van der Waals surface area contributed by atoms with Crippen molar-refractivity contribution in [3.05, 3.63) is 51.2 Å². The van der Waals surface area contributed by atoms with E-state index in [4.69, 9.17) is 11.6 Å². The fraction of sp³-hybridized carbons (Fsp3) is 0.333. The SMILES string of the molecule is CC[C@H]1c2ccsc2CCN1S(=O)(=O)c1ccccc1Cl. The van der Waals surface area contributed by atoms with E-state index in [9.17, 15) is 8.42 Å². The summed E-state index contributed by atoms with van der Waals surface area (Å²) >= 11 is 7.80. The van der Waals surface area contributed by atoms with E-state index < -0.39 is 10.0 Å². The van der Waals surface area contributed by atoms with Crippen molar-refractivity contribution in [2.24, 2.45) is 0 Å². The average molecular weight is 342 g/mol. The van der Waals surface area contributed by atoms with Gasteiger partial charge >= 0.3 is 0 Å². The zero-order chi connectivity index (χ0) is 15.0. The molecular weight excluding hydrogens is 326 g/mol. The first-order valence-corrected chi connectivity index (χ1v) is 9.58. The molecule has 0 saturated heterocycles. The molecule has 2 heterocycles. The minimum atomic E-state index is -3.57. The number of sulfonamides is 1. The van der Waals surface area contributed by atoms with Crippen LogP contribution in [0.15, 0.2) is 40.6 Å². The number of thiophene rings is 1. The quantitative estimate of drug-likeness (QED) is 0.842. The maximum Gasteiger partial charge on any atom is 0.245 e. The van der Waals surface area contributed by atoms with E-state index in [-0.39, 0.29) is 16.0 Å². The fourth-order valence-electron chi connectivity index (χ4n) is 2.86. The summed E-state index contributed by atoms with van der Waals surface area (Å²) < 4.78 is 27.5. The van der Waals surface area contributed by atoms with Gasteiger partial charge in [0.25, 0.3) is 0 Å². The summed E-state index contributed by atoms with van der Waals surface area (Å²) in [5.41, 5.74) is 1.14. The Morgan fingerprint density at radius 1 is 1.33 bits per heavy atom. The highest BCUT2D eigenvalue weighted by molar-refractivity contribution is 7.89. The van der Waals surface area contributed by atoms with Gasteiger partial charge in [-0.3, -0.25) is 0 Å². The first kappa shape index (κ1) is 15.0. The Labute approximate surface area is 134 Å². The Balaban J connectivity index is 2.06. The molecule has 1 atom stereocenters. The van der Waals surface area contributed by atoms with Gasteiger partial charge in [-0.2, -0.15) is 4.31 Å². The van der Waals surface area contributed by atoms with Crippen LogP contribution in [0.3, 0.4) is 0 Å². The van der Waals surface area contributed by atoms with E-state index in [2.05, 4.69) is 0 Å². The van der Waals surface area contributed by atoms with Crippen LogP contribution in [0, 0.1) is 0 Å². The molecule has 0 saturated carbocycles. The van der Waals surface area contributed by atoms with Crippen LogP contribution in [0.1, 0.15) is 29.8 Å². The molecule has 0 bridgehead atoms. The number of nitrogens with zero attached hydrogens (tertiary/aromatic N) is 1. The molecule has 21 heavy (non-hydrogen) atoms. The standard InChI is InChI=1S/C15H16ClNO2S2/c1-2-13-11-8-10-20-14(11)7-9-17(13)21(18,19)15-6-4-3-5-12(15)16/h3-6,8,10,13H,2,7,9H2,1H3/t13-/m0/s1. The summed E-state index contributed by atoms with van der Waals surface area (Å²) in [6, 6.07) is 8.60. The van der Waals surface area contributed by atoms with Crippen LogP contribution in [-0.4, -0.2) is 19.3 Å². The van der Waals surface area contributed by atoms with Gasteiger partial charge in [-0.1, -0.05) is 30.7 Å². The highest BCUT2D eigenvalue weighted by atomic mass is 35.5. The van der Waals surface area contributed by atoms with Crippen molar-refractivity contribution in [2.45, 2.75) is 30.7 Å². The van der Waals surface area contributed by atoms with E-state index >= 15 is 0 Å². The van der Waals surface area contributed by atoms with Crippen molar-refractivity contribution in [3.8, 4) is 0 Å². The molecule has 1 aromatic carbocycles.